The van der Waals surface area contributed by atoms with E-state index in [1.807, 2.05) is 83.8 Å². The standard InChI is InChI=1S/C26H23NO4/c1-18(20-7-3-2-4-8-20)27(16-22-15-21-9-5-6-10-23(21)31-22)26(28)14-19-11-12-24-25(13-19)30-17-29-24/h2-13,15,18H,14,16-17H2,1H3/t18-/m0/s1. The van der Waals surface area contributed by atoms with Crippen molar-refractivity contribution in [2.24, 2.45) is 0 Å². The molecule has 0 saturated heterocycles. The third-order valence-electron chi connectivity index (χ3n) is 5.66. The van der Waals surface area contributed by atoms with Gasteiger partial charge in [0, 0.05) is 5.39 Å². The van der Waals surface area contributed by atoms with Crippen molar-refractivity contribution in [1.29, 1.82) is 0 Å². The largest absolute Gasteiger partial charge is 0.459 e. The second-order valence-corrected chi connectivity index (χ2v) is 7.72. The zero-order chi connectivity index (χ0) is 21.2. The molecule has 0 bridgehead atoms. The zero-order valence-corrected chi connectivity index (χ0v) is 17.3. The maximum absolute atomic E-state index is 13.5. The van der Waals surface area contributed by atoms with Crippen LogP contribution in [0.15, 0.2) is 83.3 Å². The van der Waals surface area contributed by atoms with E-state index in [-0.39, 0.29) is 25.2 Å². The number of carbonyl (C=O) groups is 1. The van der Waals surface area contributed by atoms with Gasteiger partial charge in [0.25, 0.3) is 0 Å². The van der Waals surface area contributed by atoms with Crippen LogP contribution in [0.1, 0.15) is 29.9 Å². The maximum atomic E-state index is 13.5. The number of hydrogen-bond donors (Lipinski definition) is 0. The van der Waals surface area contributed by atoms with Gasteiger partial charge in [-0.3, -0.25) is 4.79 Å². The third-order valence-corrected chi connectivity index (χ3v) is 5.66. The molecule has 5 rings (SSSR count). The first-order valence-electron chi connectivity index (χ1n) is 10.4. The van der Waals surface area contributed by atoms with Crippen LogP contribution in [0.3, 0.4) is 0 Å². The lowest BCUT2D eigenvalue weighted by atomic mass is 10.0. The van der Waals surface area contributed by atoms with Crippen LogP contribution >= 0.6 is 0 Å². The van der Waals surface area contributed by atoms with Gasteiger partial charge in [-0.05, 0) is 42.3 Å². The number of rotatable bonds is 6. The van der Waals surface area contributed by atoms with E-state index in [0.29, 0.717) is 18.0 Å². The van der Waals surface area contributed by atoms with E-state index in [0.717, 1.165) is 27.9 Å². The van der Waals surface area contributed by atoms with Crippen LogP contribution in [-0.4, -0.2) is 17.6 Å². The van der Waals surface area contributed by atoms with Crippen LogP contribution in [0.4, 0.5) is 0 Å². The van der Waals surface area contributed by atoms with Crippen molar-refractivity contribution in [3.8, 4) is 11.5 Å². The lowest BCUT2D eigenvalue weighted by molar-refractivity contribution is -0.133. The molecule has 0 unspecified atom stereocenters. The van der Waals surface area contributed by atoms with Gasteiger partial charge in [0.1, 0.15) is 11.3 Å². The Bertz CT molecular complexity index is 1180. The molecule has 31 heavy (non-hydrogen) atoms. The van der Waals surface area contributed by atoms with E-state index >= 15 is 0 Å². The Balaban J connectivity index is 1.43. The Kier molecular flexibility index (Phi) is 5.08. The Morgan fingerprint density at radius 1 is 0.935 bits per heavy atom. The monoisotopic (exact) mass is 413 g/mol. The predicted molar refractivity (Wildman–Crippen MR) is 118 cm³/mol. The summed E-state index contributed by atoms with van der Waals surface area (Å²) in [4.78, 5) is 15.3. The van der Waals surface area contributed by atoms with E-state index < -0.39 is 0 Å². The first kappa shape index (κ1) is 19.2. The molecule has 0 N–H and O–H groups in total. The van der Waals surface area contributed by atoms with E-state index in [4.69, 9.17) is 13.9 Å². The normalized spacial score (nSPS) is 13.3. The summed E-state index contributed by atoms with van der Waals surface area (Å²) >= 11 is 0. The molecule has 0 radical (unpaired) electrons. The molecular weight excluding hydrogens is 390 g/mol. The number of fused-ring (bicyclic) bond motifs is 2. The van der Waals surface area contributed by atoms with Gasteiger partial charge in [-0.1, -0.05) is 54.6 Å². The molecule has 1 aliphatic rings. The quantitative estimate of drug-likeness (QED) is 0.419. The van der Waals surface area contributed by atoms with Crippen LogP contribution in [0, 0.1) is 0 Å². The van der Waals surface area contributed by atoms with E-state index in [2.05, 4.69) is 6.92 Å². The maximum Gasteiger partial charge on any atom is 0.231 e. The Labute approximate surface area is 180 Å². The highest BCUT2D eigenvalue weighted by Crippen LogP contribution is 2.33. The van der Waals surface area contributed by atoms with Crippen LogP contribution < -0.4 is 9.47 Å². The van der Waals surface area contributed by atoms with Crippen molar-refractivity contribution < 1.29 is 18.7 Å². The fraction of sp³-hybridized carbons (Fsp3) is 0.192. The molecule has 2 heterocycles. The first-order valence-corrected chi connectivity index (χ1v) is 10.4. The number of furan rings is 1. The highest BCUT2D eigenvalue weighted by atomic mass is 16.7. The number of para-hydroxylation sites is 1. The van der Waals surface area contributed by atoms with Crippen LogP contribution in [-0.2, 0) is 17.8 Å². The summed E-state index contributed by atoms with van der Waals surface area (Å²) in [6, 6.07) is 25.5. The van der Waals surface area contributed by atoms with Gasteiger partial charge in [-0.2, -0.15) is 0 Å². The molecule has 5 heteroatoms. The number of carbonyl (C=O) groups excluding carboxylic acids is 1. The molecule has 156 valence electrons. The topological polar surface area (TPSA) is 51.9 Å². The second kappa shape index (κ2) is 8.19. The van der Waals surface area contributed by atoms with Crippen molar-refractivity contribution >= 4 is 16.9 Å². The third kappa shape index (κ3) is 3.99. The SMILES string of the molecule is C[C@@H](c1ccccc1)N(Cc1cc2ccccc2o1)C(=O)Cc1ccc2c(c1)OCO2. The smallest absolute Gasteiger partial charge is 0.231 e. The number of ether oxygens (including phenoxy) is 2. The predicted octanol–water partition coefficient (Wildman–Crippen LogP) is 5.49. The summed E-state index contributed by atoms with van der Waals surface area (Å²) in [6.45, 7) is 2.67. The molecule has 1 atom stereocenters. The summed E-state index contributed by atoms with van der Waals surface area (Å²) in [5.74, 6) is 2.19. The van der Waals surface area contributed by atoms with Crippen LogP contribution in [0.25, 0.3) is 11.0 Å². The van der Waals surface area contributed by atoms with Gasteiger partial charge in [0.05, 0.1) is 19.0 Å². The lowest BCUT2D eigenvalue weighted by Gasteiger charge is -2.29. The average Bonchev–Trinajstić information content (AvgIpc) is 3.43. The molecular formula is C26H23NO4. The second-order valence-electron chi connectivity index (χ2n) is 7.72. The molecule has 1 aliphatic heterocycles. The summed E-state index contributed by atoms with van der Waals surface area (Å²) in [7, 11) is 0. The molecule has 0 spiro atoms. The highest BCUT2D eigenvalue weighted by Gasteiger charge is 2.24. The van der Waals surface area contributed by atoms with Crippen molar-refractivity contribution in [2.45, 2.75) is 25.9 Å². The van der Waals surface area contributed by atoms with Gasteiger partial charge >= 0.3 is 0 Å². The lowest BCUT2D eigenvalue weighted by Crippen LogP contribution is -2.34. The summed E-state index contributed by atoms with van der Waals surface area (Å²) in [6.07, 6.45) is 0.272. The van der Waals surface area contributed by atoms with Crippen molar-refractivity contribution in [2.75, 3.05) is 6.79 Å². The van der Waals surface area contributed by atoms with Crippen LogP contribution in [0.5, 0.6) is 11.5 Å². The first-order chi connectivity index (χ1) is 15.2. The Hall–Kier alpha value is -3.73. The average molecular weight is 413 g/mol. The number of nitrogens with zero attached hydrogens (tertiary/aromatic N) is 1. The minimum Gasteiger partial charge on any atom is -0.459 e. The van der Waals surface area contributed by atoms with E-state index in [1.165, 1.54) is 0 Å². The number of hydrogen-bond acceptors (Lipinski definition) is 4. The molecule has 1 amide bonds. The van der Waals surface area contributed by atoms with Crippen molar-refractivity contribution in [3.63, 3.8) is 0 Å². The Morgan fingerprint density at radius 2 is 1.71 bits per heavy atom. The van der Waals surface area contributed by atoms with E-state index in [1.54, 1.807) is 0 Å². The molecule has 0 saturated carbocycles. The molecule has 3 aromatic carbocycles. The van der Waals surface area contributed by atoms with Gasteiger partial charge in [-0.15, -0.1) is 0 Å². The zero-order valence-electron chi connectivity index (χ0n) is 17.3. The molecule has 0 fully saturated rings. The van der Waals surface area contributed by atoms with Crippen molar-refractivity contribution in [1.82, 2.24) is 4.90 Å². The summed E-state index contributed by atoms with van der Waals surface area (Å²) in [5.41, 5.74) is 2.80. The van der Waals surface area contributed by atoms with Gasteiger partial charge in [0.2, 0.25) is 12.7 Å². The van der Waals surface area contributed by atoms with Gasteiger partial charge in [0.15, 0.2) is 11.5 Å². The van der Waals surface area contributed by atoms with E-state index in [9.17, 15) is 4.79 Å². The molecule has 0 aliphatic carbocycles. The van der Waals surface area contributed by atoms with Crippen LogP contribution in [0.2, 0.25) is 0 Å². The van der Waals surface area contributed by atoms with Gasteiger partial charge < -0.3 is 18.8 Å². The molecule has 1 aromatic heterocycles. The number of amides is 1. The van der Waals surface area contributed by atoms with Gasteiger partial charge in [-0.25, -0.2) is 0 Å². The fourth-order valence-corrected chi connectivity index (χ4v) is 3.96. The minimum absolute atomic E-state index is 0.0238. The highest BCUT2D eigenvalue weighted by molar-refractivity contribution is 5.80. The summed E-state index contributed by atoms with van der Waals surface area (Å²) in [5, 5.41) is 1.04. The summed E-state index contributed by atoms with van der Waals surface area (Å²) < 4.78 is 16.9. The number of benzene rings is 3. The fourth-order valence-electron chi connectivity index (χ4n) is 3.96. The Morgan fingerprint density at radius 3 is 2.55 bits per heavy atom. The minimum atomic E-state index is -0.101. The molecule has 4 aromatic rings. The molecule has 5 nitrogen and oxygen atoms in total. The van der Waals surface area contributed by atoms with Crippen molar-refractivity contribution in [3.05, 3.63) is 95.7 Å².